The van der Waals surface area contributed by atoms with Gasteiger partial charge in [0.2, 0.25) is 0 Å². The minimum atomic E-state index is -0.825. The number of ether oxygens (including phenoxy) is 2. The zero-order chi connectivity index (χ0) is 21.8. The Labute approximate surface area is 186 Å². The first-order valence-electron chi connectivity index (χ1n) is 9.57. The van der Waals surface area contributed by atoms with Crippen LogP contribution in [0, 0.1) is 5.92 Å². The number of anilines is 1. The highest BCUT2D eigenvalue weighted by atomic mass is 79.9. The van der Waals surface area contributed by atoms with Crippen LogP contribution in [0.15, 0.2) is 22.7 Å². The normalized spacial score (nSPS) is 15.2. The Kier molecular flexibility index (Phi) is 7.14. The van der Waals surface area contributed by atoms with Gasteiger partial charge in [0.1, 0.15) is 16.3 Å². The molecule has 0 saturated carbocycles. The predicted molar refractivity (Wildman–Crippen MR) is 116 cm³/mol. The van der Waals surface area contributed by atoms with Gasteiger partial charge in [0, 0.05) is 9.35 Å². The number of amides is 1. The quantitative estimate of drug-likeness (QED) is 0.578. The van der Waals surface area contributed by atoms with E-state index >= 15 is 0 Å². The molecule has 0 aliphatic heterocycles. The smallest absolute Gasteiger partial charge is 0.342 e. The Balaban J connectivity index is 1.72. The average Bonchev–Trinajstić information content (AvgIpc) is 3.04. The Morgan fingerprint density at radius 1 is 1.27 bits per heavy atom. The Morgan fingerprint density at radius 2 is 2.03 bits per heavy atom. The van der Waals surface area contributed by atoms with Crippen molar-refractivity contribution in [1.82, 2.24) is 0 Å². The SMILES string of the molecule is CCOC(=O)c1c(NC(=O)COC(=O)c2cc(Br)ccc2O)sc2c1CC[C@H](C)C2. The van der Waals surface area contributed by atoms with Crippen molar-refractivity contribution in [1.29, 1.82) is 0 Å². The van der Waals surface area contributed by atoms with Crippen LogP contribution in [-0.2, 0) is 27.1 Å². The molecule has 1 amide bonds. The van der Waals surface area contributed by atoms with E-state index in [1.165, 1.54) is 23.5 Å². The molecule has 1 atom stereocenters. The molecule has 160 valence electrons. The summed E-state index contributed by atoms with van der Waals surface area (Å²) in [5.41, 5.74) is 1.28. The lowest BCUT2D eigenvalue weighted by atomic mass is 9.88. The fourth-order valence-electron chi connectivity index (χ4n) is 3.30. The van der Waals surface area contributed by atoms with Crippen LogP contribution in [0.25, 0.3) is 0 Å². The summed E-state index contributed by atoms with van der Waals surface area (Å²) >= 11 is 4.58. The molecule has 2 aromatic rings. The van der Waals surface area contributed by atoms with Gasteiger partial charge in [0.15, 0.2) is 6.61 Å². The lowest BCUT2D eigenvalue weighted by molar-refractivity contribution is -0.119. The van der Waals surface area contributed by atoms with E-state index in [9.17, 15) is 19.5 Å². The highest BCUT2D eigenvalue weighted by Gasteiger charge is 2.29. The van der Waals surface area contributed by atoms with E-state index in [0.717, 1.165) is 29.7 Å². The molecule has 1 aliphatic rings. The number of hydrogen-bond donors (Lipinski definition) is 2. The van der Waals surface area contributed by atoms with Crippen LogP contribution in [0.5, 0.6) is 5.75 Å². The van der Waals surface area contributed by atoms with Gasteiger partial charge in [-0.15, -0.1) is 11.3 Å². The molecule has 0 radical (unpaired) electrons. The molecule has 0 bridgehead atoms. The number of hydrogen-bond acceptors (Lipinski definition) is 7. The number of rotatable bonds is 6. The second kappa shape index (κ2) is 9.61. The van der Waals surface area contributed by atoms with E-state index in [4.69, 9.17) is 9.47 Å². The summed E-state index contributed by atoms with van der Waals surface area (Å²) in [6, 6.07) is 4.33. The third-order valence-corrected chi connectivity index (χ3v) is 6.42. The number of carbonyl (C=O) groups excluding carboxylic acids is 3. The van der Waals surface area contributed by atoms with Crippen LogP contribution in [0.1, 0.15) is 51.4 Å². The standard InChI is InChI=1S/C21H22BrNO6S/c1-3-28-21(27)18-13-6-4-11(2)8-16(13)30-19(18)23-17(25)10-29-20(26)14-9-12(22)5-7-15(14)24/h5,7,9,11,24H,3-4,6,8,10H2,1-2H3,(H,23,25)/t11-/m0/s1. The molecule has 1 aromatic heterocycles. The topological polar surface area (TPSA) is 102 Å². The number of aromatic hydroxyl groups is 1. The molecule has 0 unspecified atom stereocenters. The van der Waals surface area contributed by atoms with Gasteiger partial charge in [-0.25, -0.2) is 9.59 Å². The van der Waals surface area contributed by atoms with Crippen molar-refractivity contribution in [3.63, 3.8) is 0 Å². The number of fused-ring (bicyclic) bond motifs is 1. The van der Waals surface area contributed by atoms with E-state index in [1.54, 1.807) is 13.0 Å². The van der Waals surface area contributed by atoms with Crippen LogP contribution >= 0.6 is 27.3 Å². The summed E-state index contributed by atoms with van der Waals surface area (Å²) in [6.45, 7) is 3.57. The number of phenols is 1. The minimum Gasteiger partial charge on any atom is -0.507 e. The lowest BCUT2D eigenvalue weighted by Gasteiger charge is -2.18. The molecule has 2 N–H and O–H groups in total. The summed E-state index contributed by atoms with van der Waals surface area (Å²) in [6.07, 6.45) is 2.57. The number of phenolic OH excluding ortho intramolecular Hbond substituents is 1. The first-order chi connectivity index (χ1) is 14.3. The summed E-state index contributed by atoms with van der Waals surface area (Å²) in [5, 5.41) is 12.9. The van der Waals surface area contributed by atoms with E-state index in [1.807, 2.05) is 0 Å². The molecule has 7 nitrogen and oxygen atoms in total. The highest BCUT2D eigenvalue weighted by Crippen LogP contribution is 2.40. The van der Waals surface area contributed by atoms with Gasteiger partial charge in [-0.1, -0.05) is 22.9 Å². The number of nitrogens with one attached hydrogen (secondary N) is 1. The fourth-order valence-corrected chi connectivity index (χ4v) is 5.08. The zero-order valence-corrected chi connectivity index (χ0v) is 19.0. The molecule has 1 aromatic carbocycles. The summed E-state index contributed by atoms with van der Waals surface area (Å²) in [5.74, 6) is -1.60. The minimum absolute atomic E-state index is 0.0510. The largest absolute Gasteiger partial charge is 0.507 e. The molecule has 0 saturated heterocycles. The molecule has 1 heterocycles. The molecule has 9 heteroatoms. The van der Waals surface area contributed by atoms with Crippen molar-refractivity contribution in [2.45, 2.75) is 33.1 Å². The molecule has 1 aliphatic carbocycles. The predicted octanol–water partition coefficient (Wildman–Crippen LogP) is 4.31. The van der Waals surface area contributed by atoms with Crippen molar-refractivity contribution >= 4 is 50.1 Å². The molecule has 0 fully saturated rings. The maximum absolute atomic E-state index is 12.5. The van der Waals surface area contributed by atoms with Crippen molar-refractivity contribution in [3.05, 3.63) is 44.2 Å². The lowest BCUT2D eigenvalue weighted by Crippen LogP contribution is -2.22. The molecular formula is C21H22BrNO6S. The van der Waals surface area contributed by atoms with Crippen LogP contribution in [-0.4, -0.2) is 36.2 Å². The third-order valence-electron chi connectivity index (χ3n) is 4.76. The van der Waals surface area contributed by atoms with Crippen LogP contribution in [0.4, 0.5) is 5.00 Å². The van der Waals surface area contributed by atoms with E-state index < -0.39 is 24.5 Å². The molecule has 0 spiro atoms. The van der Waals surface area contributed by atoms with E-state index in [-0.39, 0.29) is 17.9 Å². The molecule has 30 heavy (non-hydrogen) atoms. The van der Waals surface area contributed by atoms with Gasteiger partial charge < -0.3 is 19.9 Å². The van der Waals surface area contributed by atoms with Crippen LogP contribution in [0.2, 0.25) is 0 Å². The van der Waals surface area contributed by atoms with Crippen LogP contribution < -0.4 is 5.32 Å². The first-order valence-corrected chi connectivity index (χ1v) is 11.2. The van der Waals surface area contributed by atoms with Gasteiger partial charge in [-0.05, 0) is 55.9 Å². The first kappa shape index (κ1) is 22.3. The van der Waals surface area contributed by atoms with Gasteiger partial charge in [0.05, 0.1) is 12.2 Å². The maximum Gasteiger partial charge on any atom is 0.342 e. The van der Waals surface area contributed by atoms with Crippen LogP contribution in [0.3, 0.4) is 0 Å². The third kappa shape index (κ3) is 5.02. The average molecular weight is 496 g/mol. The zero-order valence-electron chi connectivity index (χ0n) is 16.6. The Hall–Kier alpha value is -2.39. The second-order valence-electron chi connectivity index (χ2n) is 7.06. The maximum atomic E-state index is 12.5. The number of thiophene rings is 1. The summed E-state index contributed by atoms with van der Waals surface area (Å²) < 4.78 is 10.8. The Bertz CT molecular complexity index is 986. The number of benzene rings is 1. The van der Waals surface area contributed by atoms with Crippen molar-refractivity contribution < 1.29 is 29.0 Å². The van der Waals surface area contributed by atoms with Crippen molar-refractivity contribution in [3.8, 4) is 5.75 Å². The van der Waals surface area contributed by atoms with Gasteiger partial charge in [-0.3, -0.25) is 4.79 Å². The van der Waals surface area contributed by atoms with E-state index in [2.05, 4.69) is 28.2 Å². The monoisotopic (exact) mass is 495 g/mol. The summed E-state index contributed by atoms with van der Waals surface area (Å²) in [4.78, 5) is 38.2. The van der Waals surface area contributed by atoms with Gasteiger partial charge in [-0.2, -0.15) is 0 Å². The van der Waals surface area contributed by atoms with Crippen molar-refractivity contribution in [2.75, 3.05) is 18.5 Å². The number of carbonyl (C=O) groups is 3. The molecular weight excluding hydrogens is 474 g/mol. The van der Waals surface area contributed by atoms with Crippen molar-refractivity contribution in [2.24, 2.45) is 5.92 Å². The number of esters is 2. The molecule has 3 rings (SSSR count). The van der Waals surface area contributed by atoms with Gasteiger partial charge >= 0.3 is 11.9 Å². The summed E-state index contributed by atoms with van der Waals surface area (Å²) in [7, 11) is 0. The fraction of sp³-hybridized carbons (Fsp3) is 0.381. The highest BCUT2D eigenvalue weighted by molar-refractivity contribution is 9.10. The Morgan fingerprint density at radius 3 is 2.77 bits per heavy atom. The van der Waals surface area contributed by atoms with Gasteiger partial charge in [0.25, 0.3) is 5.91 Å². The second-order valence-corrected chi connectivity index (χ2v) is 9.08. The van der Waals surface area contributed by atoms with E-state index in [0.29, 0.717) is 21.0 Å². The number of halogens is 1.